The number of β-amino-alcohol motifs (C(OH)–C–C–N with tert-alkyl or cyclic N) is 1. The number of ether oxygens (including phenoxy) is 6. The van der Waals surface area contributed by atoms with Gasteiger partial charge in [0.25, 0.3) is 0 Å². The van der Waals surface area contributed by atoms with E-state index in [-0.39, 0.29) is 43.9 Å². The van der Waals surface area contributed by atoms with Gasteiger partial charge in [0.2, 0.25) is 0 Å². The fraction of sp³-hybridized carbons (Fsp3) is 0.978. The van der Waals surface area contributed by atoms with Crippen LogP contribution in [0.3, 0.4) is 0 Å². The molecular formula is C45H85N3O14. The highest BCUT2D eigenvalue weighted by molar-refractivity contribution is 5.73. The van der Waals surface area contributed by atoms with E-state index in [9.17, 15) is 40.5 Å². The molecule has 62 heavy (non-hydrogen) atoms. The fourth-order valence-electron chi connectivity index (χ4n) is 10.6. The molecule has 4 heterocycles. The summed E-state index contributed by atoms with van der Waals surface area (Å²) in [6.07, 6.45) is -8.89. The van der Waals surface area contributed by atoms with Crippen LogP contribution >= 0.6 is 0 Å². The summed E-state index contributed by atoms with van der Waals surface area (Å²) in [5.41, 5.74) is -4.52. The first-order valence-corrected chi connectivity index (χ1v) is 23.1. The van der Waals surface area contributed by atoms with Crippen molar-refractivity contribution >= 4 is 5.97 Å². The monoisotopic (exact) mass is 892 g/mol. The van der Waals surface area contributed by atoms with E-state index in [2.05, 4.69) is 4.90 Å². The third-order valence-corrected chi connectivity index (χ3v) is 14.6. The first-order chi connectivity index (χ1) is 28.8. The minimum absolute atomic E-state index is 0.100. The topological polar surface area (TPSA) is 224 Å². The Morgan fingerprint density at radius 2 is 1.56 bits per heavy atom. The second-order valence-electron chi connectivity index (χ2n) is 20.3. The van der Waals surface area contributed by atoms with E-state index in [4.69, 9.17) is 28.4 Å². The van der Waals surface area contributed by atoms with Gasteiger partial charge >= 0.3 is 5.97 Å². The molecule has 364 valence electrons. The minimum atomic E-state index is -1.83. The number of aliphatic hydroxyl groups is 7. The number of rotatable bonds is 11. The van der Waals surface area contributed by atoms with Gasteiger partial charge in [-0.05, 0) is 101 Å². The number of carbonyl (C=O) groups is 1. The molecule has 0 bridgehead atoms. The van der Waals surface area contributed by atoms with Crippen LogP contribution in [0.15, 0.2) is 0 Å². The van der Waals surface area contributed by atoms with Gasteiger partial charge in [0.15, 0.2) is 12.6 Å². The van der Waals surface area contributed by atoms with Crippen LogP contribution in [-0.2, 0) is 33.2 Å². The summed E-state index contributed by atoms with van der Waals surface area (Å²) >= 11 is 0. The van der Waals surface area contributed by atoms with Crippen LogP contribution in [0.4, 0.5) is 0 Å². The normalized spacial score (nSPS) is 46.2. The zero-order valence-electron chi connectivity index (χ0n) is 39.9. The molecule has 0 amide bonds. The lowest BCUT2D eigenvalue weighted by atomic mass is 9.77. The van der Waals surface area contributed by atoms with Crippen LogP contribution in [0, 0.1) is 17.8 Å². The van der Waals surface area contributed by atoms with Crippen molar-refractivity contribution in [2.24, 2.45) is 17.8 Å². The summed E-state index contributed by atoms with van der Waals surface area (Å²) in [7, 11) is 5.18. The number of piperidine rings is 1. The Bertz CT molecular complexity index is 1390. The maximum Gasteiger partial charge on any atom is 0.311 e. The molecule has 2 unspecified atom stereocenters. The van der Waals surface area contributed by atoms with Gasteiger partial charge in [-0.15, -0.1) is 0 Å². The molecule has 0 aromatic heterocycles. The number of likely N-dealkylation sites (tertiary alicyclic amines) is 1. The summed E-state index contributed by atoms with van der Waals surface area (Å²) in [6.45, 7) is 20.0. The van der Waals surface area contributed by atoms with Crippen molar-refractivity contribution < 1.29 is 69.0 Å². The van der Waals surface area contributed by atoms with E-state index in [1.165, 1.54) is 14.0 Å². The molecule has 17 heteroatoms. The molecule has 0 radical (unpaired) electrons. The average molecular weight is 892 g/mol. The third kappa shape index (κ3) is 12.8. The molecule has 0 spiro atoms. The number of hydrogen-bond acceptors (Lipinski definition) is 17. The number of esters is 1. The van der Waals surface area contributed by atoms with Crippen molar-refractivity contribution in [3.05, 3.63) is 0 Å². The van der Waals surface area contributed by atoms with Gasteiger partial charge in [0.05, 0.1) is 53.7 Å². The number of methoxy groups -OCH3 is 1. The Morgan fingerprint density at radius 1 is 0.935 bits per heavy atom. The molecule has 19 atom stereocenters. The van der Waals surface area contributed by atoms with Crippen LogP contribution in [0.5, 0.6) is 0 Å². The van der Waals surface area contributed by atoms with Crippen LogP contribution < -0.4 is 0 Å². The number of cyclic esters (lactones) is 1. The first-order valence-electron chi connectivity index (χ1n) is 23.1. The van der Waals surface area contributed by atoms with Gasteiger partial charge in [0.1, 0.15) is 30.0 Å². The zero-order valence-corrected chi connectivity index (χ0v) is 39.9. The standard InChI is InChI=1S/C45H85N3O14/c1-14-34-45(10,56)38(52)29(6)46(11)22-25(2)20-43(8,55)40(27(4)37(28(5)41(54)60-34)61-35-21-44(9,57-13)39(53)30(7)59-35)62-42-36(51)33(19-26(3)58-42)47(12)23-32(50)24-48-17-15-31(49)16-18-48/h25-40,42,49-53,55-56H,14-24H2,1-13H3/t25-,26-,27+,28-,29-,30+,32?,33?,34-,35+,36-,37+,38-,39+,40-,42+,43-,44-,45-/m1/s1. The number of aliphatic hydroxyl groups excluding tert-OH is 5. The van der Waals surface area contributed by atoms with Gasteiger partial charge in [-0.25, -0.2) is 0 Å². The van der Waals surface area contributed by atoms with Crippen LogP contribution in [0.25, 0.3) is 0 Å². The summed E-state index contributed by atoms with van der Waals surface area (Å²) < 4.78 is 38.0. The van der Waals surface area contributed by atoms with Crippen molar-refractivity contribution in [1.82, 2.24) is 14.7 Å². The van der Waals surface area contributed by atoms with Crippen molar-refractivity contribution in [3.63, 3.8) is 0 Å². The SMILES string of the molecule is CC[C@H]1OC(=O)[C@H](C)[C@@H](O[C@H]2C[C@@](C)(OC)[C@@H](O)[C@H](C)O2)[C@H](C)[C@@H](O[C@@H]2O[C@H](C)CC(N(C)CC(O)CN3CCC(O)CC3)[C@H]2O)[C@](C)(O)C[C@@H](C)CN(C)[C@H](C)[C@@H](O)[C@]1(C)O. The van der Waals surface area contributed by atoms with E-state index >= 15 is 0 Å². The Hall–Kier alpha value is -1.13. The quantitative estimate of drug-likeness (QED) is 0.144. The second-order valence-corrected chi connectivity index (χ2v) is 20.3. The molecule has 4 aliphatic rings. The van der Waals surface area contributed by atoms with Crippen LogP contribution in [0.2, 0.25) is 0 Å². The first kappa shape index (κ1) is 53.5. The number of hydrogen-bond donors (Lipinski definition) is 7. The molecular weight excluding hydrogens is 807 g/mol. The molecule has 4 saturated heterocycles. The number of nitrogens with zero attached hydrogens (tertiary/aromatic N) is 3. The fourth-order valence-corrected chi connectivity index (χ4v) is 10.6. The van der Waals surface area contributed by atoms with Crippen LogP contribution in [-0.4, -0.2) is 213 Å². The lowest BCUT2D eigenvalue weighted by Crippen LogP contribution is -2.61. The van der Waals surface area contributed by atoms with Crippen molar-refractivity contribution in [3.8, 4) is 0 Å². The largest absolute Gasteiger partial charge is 0.459 e. The minimum Gasteiger partial charge on any atom is -0.459 e. The number of likely N-dealkylation sites (N-methyl/N-ethyl adjacent to an activating group) is 2. The molecule has 4 fully saturated rings. The highest BCUT2D eigenvalue weighted by Crippen LogP contribution is 2.40. The maximum atomic E-state index is 14.4. The third-order valence-electron chi connectivity index (χ3n) is 14.6. The zero-order chi connectivity index (χ0) is 46.6. The van der Waals surface area contributed by atoms with Gasteiger partial charge in [-0.2, -0.15) is 0 Å². The highest BCUT2D eigenvalue weighted by Gasteiger charge is 2.53. The Balaban J connectivity index is 1.73. The summed E-state index contributed by atoms with van der Waals surface area (Å²) in [4.78, 5) is 20.4. The molecule has 17 nitrogen and oxygen atoms in total. The van der Waals surface area contributed by atoms with Gasteiger partial charge in [-0.1, -0.05) is 20.8 Å². The molecule has 0 aromatic carbocycles. The number of carbonyl (C=O) groups excluding carboxylic acids is 1. The molecule has 0 aliphatic carbocycles. The summed E-state index contributed by atoms with van der Waals surface area (Å²) in [5, 5.41) is 80.3. The molecule has 4 aliphatic heterocycles. The highest BCUT2D eigenvalue weighted by atomic mass is 16.7. The molecule has 0 aromatic rings. The molecule has 4 rings (SSSR count). The van der Waals surface area contributed by atoms with E-state index in [1.807, 2.05) is 37.7 Å². The maximum absolute atomic E-state index is 14.4. The Morgan fingerprint density at radius 3 is 2.16 bits per heavy atom. The van der Waals surface area contributed by atoms with E-state index in [0.717, 1.165) is 0 Å². The molecule has 7 N–H and O–H groups in total. The predicted octanol–water partition coefficient (Wildman–Crippen LogP) is 1.09. The molecule has 0 saturated carbocycles. The summed E-state index contributed by atoms with van der Waals surface area (Å²) in [5.74, 6) is -2.79. The van der Waals surface area contributed by atoms with E-state index < -0.39 is 108 Å². The smallest absolute Gasteiger partial charge is 0.311 e. The Labute approximate surface area is 370 Å². The Kier molecular flexibility index (Phi) is 19.1. The van der Waals surface area contributed by atoms with Crippen molar-refractivity contribution in [2.75, 3.05) is 53.9 Å². The van der Waals surface area contributed by atoms with E-state index in [1.54, 1.807) is 48.5 Å². The van der Waals surface area contributed by atoms with Gasteiger partial charge < -0.3 is 74.0 Å². The van der Waals surface area contributed by atoms with Crippen LogP contribution in [0.1, 0.15) is 108 Å². The predicted molar refractivity (Wildman–Crippen MR) is 231 cm³/mol. The van der Waals surface area contributed by atoms with Gasteiger partial charge in [-0.3, -0.25) is 9.69 Å². The second kappa shape index (κ2) is 22.1. The van der Waals surface area contributed by atoms with Crippen molar-refractivity contribution in [1.29, 1.82) is 0 Å². The lowest BCUT2D eigenvalue weighted by molar-refractivity contribution is -0.318. The lowest BCUT2D eigenvalue weighted by Gasteiger charge is -2.49. The van der Waals surface area contributed by atoms with Crippen molar-refractivity contribution in [2.45, 2.75) is 210 Å². The van der Waals surface area contributed by atoms with Gasteiger partial charge in [0, 0.05) is 64.3 Å². The summed E-state index contributed by atoms with van der Waals surface area (Å²) in [6, 6.07) is -1.06. The average Bonchev–Trinajstić information content (AvgIpc) is 3.19. The van der Waals surface area contributed by atoms with E-state index in [0.29, 0.717) is 45.4 Å².